The highest BCUT2D eigenvalue weighted by Gasteiger charge is 2.39. The minimum atomic E-state index is -0.947. The van der Waals surface area contributed by atoms with Crippen molar-refractivity contribution >= 4 is 23.5 Å². The van der Waals surface area contributed by atoms with E-state index in [0.29, 0.717) is 24.4 Å². The molecule has 5 atom stereocenters. The third-order valence-corrected chi connectivity index (χ3v) is 8.94. The number of methoxy groups -OCH3 is 1. The predicted molar refractivity (Wildman–Crippen MR) is 172 cm³/mol. The number of hydrogen-bond donors (Lipinski definition) is 3. The zero-order valence-electron chi connectivity index (χ0n) is 27.1. The van der Waals surface area contributed by atoms with Crippen molar-refractivity contribution in [1.29, 1.82) is 0 Å². The number of piperidine rings is 2. The molecule has 2 saturated heterocycles. The number of rotatable bonds is 11. The number of amides is 2. The number of nitrogens with zero attached hydrogens (tertiary/aromatic N) is 2. The normalized spacial score (nSPS) is 24.1. The fourth-order valence-electron chi connectivity index (χ4n) is 6.96. The van der Waals surface area contributed by atoms with Crippen molar-refractivity contribution < 1.29 is 19.1 Å². The molecule has 4 rings (SSSR count). The Bertz CT molecular complexity index is 1400. The Hall–Kier alpha value is -3.66. The van der Waals surface area contributed by atoms with Gasteiger partial charge in [0.15, 0.2) is 0 Å². The number of aromatic nitrogens is 2. The minimum absolute atomic E-state index is 0.138. The lowest BCUT2D eigenvalue weighted by Gasteiger charge is -2.49. The number of anilines is 1. The molecule has 2 amide bonds. The number of carbonyl (C=O) groups is 3. The number of ether oxygens (including phenoxy) is 1. The van der Waals surface area contributed by atoms with E-state index < -0.39 is 23.8 Å². The van der Waals surface area contributed by atoms with Crippen LogP contribution in [0.4, 0.5) is 5.69 Å². The van der Waals surface area contributed by atoms with Gasteiger partial charge in [-0.15, -0.1) is 0 Å². The van der Waals surface area contributed by atoms with Crippen molar-refractivity contribution in [3.8, 4) is 0 Å². The van der Waals surface area contributed by atoms with Gasteiger partial charge in [-0.2, -0.15) is 0 Å². The summed E-state index contributed by atoms with van der Waals surface area (Å²) in [5, 5.41) is 5.62. The molecule has 2 bridgehead atoms. The molecule has 2 aromatic rings. The number of pyridine rings is 1. The standard InChI is InChI=1S/C34H49N5O5/c1-23-16-24-17-34(5,22-38(20-23)21-24)13-15-39-14-9-11-28(32(39)43)37-31(42)27(10-7-8-12-29(40)44-6)36-30(41)25-18-35-19-26(25)33(2,3)4/h8-9,11-12,14,18-19,23-24,27,35H,7,10,13,15-17,20-22H2,1-6H3,(H,36,41)(H,37,42)/b12-8+/t23?,24?,27-,34?/m0/s1. The number of allylic oxidation sites excluding steroid dienone is 1. The SMILES string of the molecule is COC(=O)/C=C/CC[C@H](NC(=O)c1c[nH]cc1C(C)(C)C)C(=O)Nc1cccn(CCC2(C)CC3CC(C)CN(C3)C2)c1=O. The van der Waals surface area contributed by atoms with E-state index in [1.54, 1.807) is 41.4 Å². The van der Waals surface area contributed by atoms with Crippen LogP contribution in [0.3, 0.4) is 0 Å². The van der Waals surface area contributed by atoms with Gasteiger partial charge >= 0.3 is 5.97 Å². The Kier molecular flexibility index (Phi) is 10.6. The van der Waals surface area contributed by atoms with E-state index in [2.05, 4.69) is 39.1 Å². The molecule has 3 N–H and O–H groups in total. The van der Waals surface area contributed by atoms with Crippen LogP contribution in [0.25, 0.3) is 0 Å². The maximum absolute atomic E-state index is 13.5. The summed E-state index contributed by atoms with van der Waals surface area (Å²) < 4.78 is 6.31. The van der Waals surface area contributed by atoms with Gasteiger partial charge in [0, 0.05) is 50.8 Å². The van der Waals surface area contributed by atoms with Gasteiger partial charge < -0.3 is 29.8 Å². The average molecular weight is 608 g/mol. The van der Waals surface area contributed by atoms with Crippen molar-refractivity contribution in [2.75, 3.05) is 32.1 Å². The van der Waals surface area contributed by atoms with E-state index in [1.165, 1.54) is 32.6 Å². The second kappa shape index (κ2) is 14.0. The van der Waals surface area contributed by atoms with Crippen molar-refractivity contribution in [3.05, 3.63) is 64.4 Å². The highest BCUT2D eigenvalue weighted by atomic mass is 16.5. The maximum Gasteiger partial charge on any atom is 0.330 e. The summed E-state index contributed by atoms with van der Waals surface area (Å²) in [7, 11) is 1.29. The van der Waals surface area contributed by atoms with E-state index in [9.17, 15) is 19.2 Å². The van der Waals surface area contributed by atoms with Crippen LogP contribution in [0.15, 0.2) is 47.7 Å². The topological polar surface area (TPSA) is 126 Å². The summed E-state index contributed by atoms with van der Waals surface area (Å²) in [4.78, 5) is 57.4. The van der Waals surface area contributed by atoms with Crippen LogP contribution in [-0.2, 0) is 26.3 Å². The molecule has 4 heterocycles. The molecular formula is C34H49N5O5. The highest BCUT2D eigenvalue weighted by molar-refractivity contribution is 6.01. The fraction of sp³-hybridized carbons (Fsp3) is 0.588. The third-order valence-electron chi connectivity index (χ3n) is 8.94. The average Bonchev–Trinajstić information content (AvgIpc) is 3.45. The van der Waals surface area contributed by atoms with Gasteiger partial charge in [-0.3, -0.25) is 14.4 Å². The predicted octanol–water partition coefficient (Wildman–Crippen LogP) is 4.48. The first kappa shape index (κ1) is 33.2. The molecule has 2 aliphatic heterocycles. The van der Waals surface area contributed by atoms with Crippen LogP contribution < -0.4 is 16.2 Å². The number of esters is 1. The molecule has 2 fully saturated rings. The van der Waals surface area contributed by atoms with Crippen LogP contribution in [0.2, 0.25) is 0 Å². The molecule has 0 aliphatic carbocycles. The number of aromatic amines is 1. The number of H-pyrrole nitrogens is 1. The highest BCUT2D eigenvalue weighted by Crippen LogP contribution is 2.41. The fourth-order valence-corrected chi connectivity index (χ4v) is 6.96. The number of nitrogens with one attached hydrogen (secondary N) is 3. The molecule has 0 radical (unpaired) electrons. The summed E-state index contributed by atoms with van der Waals surface area (Å²) in [5.74, 6) is 0.0531. The number of carbonyl (C=O) groups excluding carboxylic acids is 3. The van der Waals surface area contributed by atoms with Crippen molar-refractivity contribution in [2.24, 2.45) is 17.3 Å². The maximum atomic E-state index is 13.5. The summed E-state index contributed by atoms with van der Waals surface area (Å²) in [6, 6.07) is 2.41. The van der Waals surface area contributed by atoms with Crippen LogP contribution in [0.1, 0.15) is 82.6 Å². The molecule has 0 spiro atoms. The Morgan fingerprint density at radius 1 is 1.23 bits per heavy atom. The number of hydrogen-bond acceptors (Lipinski definition) is 6. The van der Waals surface area contributed by atoms with Gasteiger partial charge in [-0.05, 0) is 72.5 Å². The van der Waals surface area contributed by atoms with Gasteiger partial charge in [0.2, 0.25) is 5.91 Å². The number of fused-ring (bicyclic) bond motifs is 2. The van der Waals surface area contributed by atoms with Crippen LogP contribution in [0.5, 0.6) is 0 Å². The van der Waals surface area contributed by atoms with E-state index in [0.717, 1.165) is 31.0 Å². The van der Waals surface area contributed by atoms with Crippen molar-refractivity contribution in [1.82, 2.24) is 19.8 Å². The molecular weight excluding hydrogens is 558 g/mol. The van der Waals surface area contributed by atoms with E-state index >= 15 is 0 Å². The van der Waals surface area contributed by atoms with Crippen molar-refractivity contribution in [3.63, 3.8) is 0 Å². The molecule has 10 nitrogen and oxygen atoms in total. The number of aryl methyl sites for hydroxylation is 1. The molecule has 4 unspecified atom stereocenters. The Labute approximate surface area is 260 Å². The zero-order chi connectivity index (χ0) is 32.1. The van der Waals surface area contributed by atoms with Gasteiger partial charge in [0.1, 0.15) is 11.7 Å². The zero-order valence-corrected chi connectivity index (χ0v) is 27.1. The van der Waals surface area contributed by atoms with E-state index in [4.69, 9.17) is 0 Å². The summed E-state index contributed by atoms with van der Waals surface area (Å²) in [6.45, 7) is 14.6. The second-order valence-corrected chi connectivity index (χ2v) is 14.1. The lowest BCUT2D eigenvalue weighted by molar-refractivity contribution is -0.134. The lowest BCUT2D eigenvalue weighted by atomic mass is 9.70. The molecule has 0 aromatic carbocycles. The van der Waals surface area contributed by atoms with Gasteiger partial charge in [0.05, 0.1) is 12.7 Å². The third kappa shape index (κ3) is 8.49. The molecule has 2 aromatic heterocycles. The van der Waals surface area contributed by atoms with Crippen LogP contribution >= 0.6 is 0 Å². The van der Waals surface area contributed by atoms with Crippen LogP contribution in [-0.4, -0.2) is 65.0 Å². The molecule has 44 heavy (non-hydrogen) atoms. The molecule has 10 heteroatoms. The lowest BCUT2D eigenvalue weighted by Crippen LogP contribution is -2.51. The Morgan fingerprint density at radius 2 is 2.00 bits per heavy atom. The largest absolute Gasteiger partial charge is 0.466 e. The van der Waals surface area contributed by atoms with Crippen LogP contribution in [0, 0.1) is 17.3 Å². The quantitative estimate of drug-likeness (QED) is 0.256. The monoisotopic (exact) mass is 607 g/mol. The van der Waals surface area contributed by atoms with E-state index in [-0.39, 0.29) is 28.5 Å². The van der Waals surface area contributed by atoms with Crippen molar-refractivity contribution in [2.45, 2.75) is 84.7 Å². The Balaban J connectivity index is 1.46. The first-order valence-corrected chi connectivity index (χ1v) is 15.7. The van der Waals surface area contributed by atoms with Gasteiger partial charge in [-0.25, -0.2) is 4.79 Å². The molecule has 240 valence electrons. The second-order valence-electron chi connectivity index (χ2n) is 14.1. The smallest absolute Gasteiger partial charge is 0.330 e. The first-order chi connectivity index (χ1) is 20.8. The summed E-state index contributed by atoms with van der Waals surface area (Å²) in [5.41, 5.74) is 1.03. The molecule has 0 saturated carbocycles. The Morgan fingerprint density at radius 3 is 2.70 bits per heavy atom. The summed E-state index contributed by atoms with van der Waals surface area (Å²) in [6.07, 6.45) is 11.9. The molecule has 2 aliphatic rings. The first-order valence-electron chi connectivity index (χ1n) is 15.7. The van der Waals surface area contributed by atoms with Gasteiger partial charge in [-0.1, -0.05) is 40.7 Å². The van der Waals surface area contributed by atoms with E-state index in [1.807, 2.05) is 20.8 Å². The summed E-state index contributed by atoms with van der Waals surface area (Å²) >= 11 is 0. The minimum Gasteiger partial charge on any atom is -0.466 e. The van der Waals surface area contributed by atoms with Gasteiger partial charge in [0.25, 0.3) is 11.5 Å².